The lowest BCUT2D eigenvalue weighted by atomic mass is 9.66. The fourth-order valence-corrected chi connectivity index (χ4v) is 13.4. The van der Waals surface area contributed by atoms with Gasteiger partial charge in [-0.1, -0.05) is 113 Å². The molecule has 0 spiro atoms. The summed E-state index contributed by atoms with van der Waals surface area (Å²) in [4.78, 5) is 42.8. The van der Waals surface area contributed by atoms with E-state index in [1.807, 2.05) is 67.6 Å². The van der Waals surface area contributed by atoms with Gasteiger partial charge in [0.05, 0.1) is 20.8 Å². The first-order valence-electron chi connectivity index (χ1n) is 20.1. The van der Waals surface area contributed by atoms with Crippen LogP contribution in [0.3, 0.4) is 0 Å². The predicted octanol–water partition coefficient (Wildman–Crippen LogP) is 7.73. The Hall–Kier alpha value is -3.93. The number of rotatable bonds is 23. The second-order valence-corrected chi connectivity index (χ2v) is 21.0. The number of carbonyl (C=O) groups excluding carboxylic acids is 3. The number of carbonyl (C=O) groups is 3. The molecule has 310 valence electrons. The minimum absolute atomic E-state index is 0.0539. The predicted molar refractivity (Wildman–Crippen MR) is 226 cm³/mol. The highest BCUT2D eigenvalue weighted by Gasteiger charge is 2.60. The van der Waals surface area contributed by atoms with Gasteiger partial charge in [0, 0.05) is 38.1 Å². The fraction of sp³-hybridized carbons (Fsp3) is 0.511. The molecule has 0 bridgehead atoms. The zero-order valence-corrected chi connectivity index (χ0v) is 36.3. The lowest BCUT2D eigenvalue weighted by molar-refractivity contribution is -0.156. The number of ether oxygens (including phenoxy) is 5. The third-order valence-electron chi connectivity index (χ3n) is 11.6. The Kier molecular flexibility index (Phi) is 17.0. The monoisotopic (exact) mass is 800 g/mol. The van der Waals surface area contributed by atoms with E-state index in [2.05, 4.69) is 58.5 Å². The Morgan fingerprint density at radius 3 is 2.07 bits per heavy atom. The molecular weight excluding hydrogens is 737 g/mol. The zero-order chi connectivity index (χ0) is 41.6. The normalized spacial score (nSPS) is 20.1. The second-order valence-electron chi connectivity index (χ2n) is 16.7. The van der Waals surface area contributed by atoms with Crippen molar-refractivity contribution >= 4 is 36.2 Å². The standard InChI is InChI=1S/C47H64O9Si/c1-10-11-22-39(44(49)41(55-33-51-7)29-34(2)27-28-54-31-35-23-25-36(52-8)26-24-35)43-42(45(50)53-9)40(48)30-47(43,6)32-56-57(46(3,4)5,37-18-14-12-15-19-37)38-20-16-13-17-21-38/h10,12-21,23-26,34,39,41-43H,1,11,22,27-33H2,2-9H3/t34-,39+,41?,42-,43+,47-/m1/s1. The van der Waals surface area contributed by atoms with E-state index < -0.39 is 43.6 Å². The van der Waals surface area contributed by atoms with E-state index >= 15 is 4.79 Å². The average molecular weight is 801 g/mol. The van der Waals surface area contributed by atoms with Crippen LogP contribution in [0.15, 0.2) is 97.6 Å². The summed E-state index contributed by atoms with van der Waals surface area (Å²) in [5.41, 5.74) is 0.148. The van der Waals surface area contributed by atoms with Crippen molar-refractivity contribution in [3.05, 3.63) is 103 Å². The summed E-state index contributed by atoms with van der Waals surface area (Å²) in [6, 6.07) is 28.4. The zero-order valence-electron chi connectivity index (χ0n) is 35.3. The first kappa shape index (κ1) is 45.8. The van der Waals surface area contributed by atoms with Gasteiger partial charge >= 0.3 is 5.97 Å². The van der Waals surface area contributed by atoms with Crippen LogP contribution in [0.5, 0.6) is 5.75 Å². The highest BCUT2D eigenvalue weighted by atomic mass is 28.4. The molecule has 1 saturated carbocycles. The van der Waals surface area contributed by atoms with Crippen molar-refractivity contribution in [2.24, 2.45) is 29.1 Å². The van der Waals surface area contributed by atoms with Crippen molar-refractivity contribution in [2.45, 2.75) is 84.5 Å². The summed E-state index contributed by atoms with van der Waals surface area (Å²) in [6.07, 6.45) is 3.00. The quantitative estimate of drug-likeness (QED) is 0.0238. The molecule has 0 aliphatic heterocycles. The molecule has 6 atom stereocenters. The van der Waals surface area contributed by atoms with Gasteiger partial charge in [0.15, 0.2) is 5.78 Å². The minimum Gasteiger partial charge on any atom is -0.497 e. The third-order valence-corrected chi connectivity index (χ3v) is 16.5. The third kappa shape index (κ3) is 11.2. The molecule has 1 fully saturated rings. The molecule has 9 nitrogen and oxygen atoms in total. The van der Waals surface area contributed by atoms with E-state index in [1.165, 1.54) is 14.2 Å². The van der Waals surface area contributed by atoms with E-state index in [-0.39, 0.29) is 42.3 Å². The maximum absolute atomic E-state index is 15.0. The van der Waals surface area contributed by atoms with Crippen LogP contribution in [0.4, 0.5) is 0 Å². The molecule has 10 heteroatoms. The molecular formula is C47H64O9Si. The first-order chi connectivity index (χ1) is 27.3. The maximum Gasteiger partial charge on any atom is 0.316 e. The number of Topliss-reactive ketones (excluding diaryl/α,β-unsaturated/α-hetero) is 2. The molecule has 0 amide bonds. The van der Waals surface area contributed by atoms with Crippen molar-refractivity contribution in [1.29, 1.82) is 0 Å². The van der Waals surface area contributed by atoms with Crippen LogP contribution in [0.25, 0.3) is 0 Å². The fourth-order valence-electron chi connectivity index (χ4n) is 8.66. The SMILES string of the molecule is C=CCC[C@H](C(=O)C(C[C@H](C)CCOCc1ccc(OC)cc1)OCOC)[C@H]1[C@H](C(=O)OC)C(=O)C[C@]1(C)CO[Si](c1ccccc1)(c1ccccc1)C(C)(C)C. The van der Waals surface area contributed by atoms with E-state index in [0.717, 1.165) is 21.7 Å². The van der Waals surface area contributed by atoms with Gasteiger partial charge in [-0.15, -0.1) is 6.58 Å². The minimum atomic E-state index is -3.05. The molecule has 1 aliphatic rings. The van der Waals surface area contributed by atoms with Gasteiger partial charge in [-0.3, -0.25) is 14.4 Å². The maximum atomic E-state index is 15.0. The molecule has 0 saturated heterocycles. The average Bonchev–Trinajstić information content (AvgIpc) is 3.47. The Morgan fingerprint density at radius 2 is 1.54 bits per heavy atom. The summed E-state index contributed by atoms with van der Waals surface area (Å²) in [5.74, 6) is -2.76. The van der Waals surface area contributed by atoms with Crippen molar-refractivity contribution in [3.63, 3.8) is 0 Å². The number of esters is 1. The molecule has 3 aromatic carbocycles. The first-order valence-corrected chi connectivity index (χ1v) is 22.0. The summed E-state index contributed by atoms with van der Waals surface area (Å²) in [5, 5.41) is 1.89. The Labute approximate surface area is 341 Å². The molecule has 1 unspecified atom stereocenters. The van der Waals surface area contributed by atoms with Crippen LogP contribution in [0.2, 0.25) is 5.04 Å². The summed E-state index contributed by atoms with van der Waals surface area (Å²) in [6.45, 7) is 15.7. The Morgan fingerprint density at radius 1 is 0.930 bits per heavy atom. The van der Waals surface area contributed by atoms with E-state index in [9.17, 15) is 9.59 Å². The van der Waals surface area contributed by atoms with Gasteiger partial charge in [-0.25, -0.2) is 0 Å². The number of allylic oxidation sites excluding steroid dienone is 1. The molecule has 4 rings (SSSR count). The summed E-state index contributed by atoms with van der Waals surface area (Å²) < 4.78 is 35.5. The molecule has 0 heterocycles. The summed E-state index contributed by atoms with van der Waals surface area (Å²) >= 11 is 0. The Bertz CT molecular complexity index is 1680. The summed E-state index contributed by atoms with van der Waals surface area (Å²) in [7, 11) is 1.41. The number of ketones is 2. The number of hydrogen-bond donors (Lipinski definition) is 0. The van der Waals surface area contributed by atoms with Gasteiger partial charge in [0.25, 0.3) is 8.32 Å². The lowest BCUT2D eigenvalue weighted by Crippen LogP contribution is -2.67. The largest absolute Gasteiger partial charge is 0.497 e. The molecule has 57 heavy (non-hydrogen) atoms. The van der Waals surface area contributed by atoms with Crippen LogP contribution in [0.1, 0.15) is 72.3 Å². The topological polar surface area (TPSA) is 107 Å². The van der Waals surface area contributed by atoms with Gasteiger partial charge in [0.1, 0.15) is 30.3 Å². The van der Waals surface area contributed by atoms with Crippen LogP contribution in [0, 0.1) is 29.1 Å². The van der Waals surface area contributed by atoms with Gasteiger partial charge in [-0.2, -0.15) is 0 Å². The van der Waals surface area contributed by atoms with Gasteiger partial charge in [-0.05, 0) is 70.6 Å². The number of methoxy groups -OCH3 is 3. The molecule has 0 N–H and O–H groups in total. The highest BCUT2D eigenvalue weighted by Crippen LogP contribution is 2.52. The van der Waals surface area contributed by atoms with Crippen molar-refractivity contribution in [1.82, 2.24) is 0 Å². The van der Waals surface area contributed by atoms with Crippen LogP contribution in [-0.4, -0.2) is 73.3 Å². The Balaban J connectivity index is 1.67. The van der Waals surface area contributed by atoms with Crippen LogP contribution < -0.4 is 15.1 Å². The lowest BCUT2D eigenvalue weighted by Gasteiger charge is -2.46. The number of hydrogen-bond acceptors (Lipinski definition) is 9. The van der Waals surface area contributed by atoms with E-state index in [0.29, 0.717) is 38.9 Å². The van der Waals surface area contributed by atoms with Crippen LogP contribution in [-0.2, 0) is 44.4 Å². The van der Waals surface area contributed by atoms with Crippen molar-refractivity contribution < 1.29 is 42.5 Å². The van der Waals surface area contributed by atoms with Crippen molar-refractivity contribution in [3.8, 4) is 5.75 Å². The van der Waals surface area contributed by atoms with Gasteiger partial charge < -0.3 is 28.1 Å². The number of benzene rings is 3. The van der Waals surface area contributed by atoms with Gasteiger partial charge in [0.2, 0.25) is 0 Å². The molecule has 1 aliphatic carbocycles. The smallest absolute Gasteiger partial charge is 0.316 e. The molecule has 0 aromatic heterocycles. The molecule has 0 radical (unpaired) electrons. The van der Waals surface area contributed by atoms with E-state index in [4.69, 9.17) is 28.1 Å². The highest BCUT2D eigenvalue weighted by molar-refractivity contribution is 6.99. The van der Waals surface area contributed by atoms with Crippen molar-refractivity contribution in [2.75, 3.05) is 41.3 Å². The van der Waals surface area contributed by atoms with Crippen LogP contribution >= 0.6 is 0 Å². The van der Waals surface area contributed by atoms with E-state index in [1.54, 1.807) is 13.2 Å². The molecule has 3 aromatic rings. The second kappa shape index (κ2) is 21.2.